The molecule has 1 saturated carbocycles. The standard InChI is InChI=1S/C12H14F2IN/c13-12(14)6-4-10(5-7-12)16-11-3-1-2-9(15)8-11/h1-3,8,10,16H,4-7H2. The second kappa shape index (κ2) is 4.85. The van der Waals surface area contributed by atoms with Crippen molar-refractivity contribution in [3.05, 3.63) is 27.8 Å². The molecule has 0 saturated heterocycles. The maximum atomic E-state index is 13.0. The summed E-state index contributed by atoms with van der Waals surface area (Å²) in [5.74, 6) is -2.44. The fourth-order valence-corrected chi connectivity index (χ4v) is 2.54. The van der Waals surface area contributed by atoms with Gasteiger partial charge >= 0.3 is 0 Å². The van der Waals surface area contributed by atoms with Crippen molar-refractivity contribution >= 4 is 28.3 Å². The molecule has 0 amide bonds. The highest BCUT2D eigenvalue weighted by Gasteiger charge is 2.34. The molecule has 1 aromatic rings. The van der Waals surface area contributed by atoms with Gasteiger partial charge in [0.2, 0.25) is 5.92 Å². The number of benzene rings is 1. The Kier molecular flexibility index (Phi) is 3.66. The predicted octanol–water partition coefficient (Wildman–Crippen LogP) is 4.28. The lowest BCUT2D eigenvalue weighted by molar-refractivity contribution is -0.0360. The summed E-state index contributed by atoms with van der Waals surface area (Å²) in [4.78, 5) is 0. The molecule has 0 radical (unpaired) electrons. The molecule has 0 unspecified atom stereocenters. The van der Waals surface area contributed by atoms with Crippen molar-refractivity contribution in [2.45, 2.75) is 37.6 Å². The van der Waals surface area contributed by atoms with Gasteiger partial charge in [-0.1, -0.05) is 6.07 Å². The van der Waals surface area contributed by atoms with Crippen molar-refractivity contribution in [3.63, 3.8) is 0 Å². The van der Waals surface area contributed by atoms with E-state index in [1.165, 1.54) is 0 Å². The molecule has 1 aromatic carbocycles. The molecule has 0 atom stereocenters. The maximum Gasteiger partial charge on any atom is 0.248 e. The van der Waals surface area contributed by atoms with E-state index < -0.39 is 5.92 Å². The summed E-state index contributed by atoms with van der Waals surface area (Å²) in [5.41, 5.74) is 1.03. The number of hydrogen-bond acceptors (Lipinski definition) is 1. The van der Waals surface area contributed by atoms with Crippen molar-refractivity contribution in [2.75, 3.05) is 5.32 Å². The van der Waals surface area contributed by atoms with Gasteiger partial charge in [0, 0.05) is 28.1 Å². The first-order valence-corrected chi connectivity index (χ1v) is 6.53. The number of rotatable bonds is 2. The van der Waals surface area contributed by atoms with Crippen LogP contribution in [0.5, 0.6) is 0 Å². The van der Waals surface area contributed by atoms with E-state index in [1.807, 2.05) is 24.3 Å². The molecule has 0 aromatic heterocycles. The topological polar surface area (TPSA) is 12.0 Å². The first-order chi connectivity index (χ1) is 7.55. The number of halogens is 3. The molecule has 16 heavy (non-hydrogen) atoms. The molecule has 1 fully saturated rings. The third-order valence-corrected chi connectivity index (χ3v) is 3.58. The van der Waals surface area contributed by atoms with Crippen LogP contribution in [0.1, 0.15) is 25.7 Å². The van der Waals surface area contributed by atoms with E-state index in [1.54, 1.807) is 0 Å². The van der Waals surface area contributed by atoms with Crippen LogP contribution in [-0.4, -0.2) is 12.0 Å². The van der Waals surface area contributed by atoms with Gasteiger partial charge in [0.05, 0.1) is 0 Å². The van der Waals surface area contributed by atoms with E-state index in [0.29, 0.717) is 12.8 Å². The average Bonchev–Trinajstić information content (AvgIpc) is 2.21. The Morgan fingerprint density at radius 3 is 2.56 bits per heavy atom. The molecule has 88 valence electrons. The van der Waals surface area contributed by atoms with E-state index in [2.05, 4.69) is 27.9 Å². The Bertz CT molecular complexity index is 358. The van der Waals surface area contributed by atoms with Crippen molar-refractivity contribution in [1.82, 2.24) is 0 Å². The molecular formula is C12H14F2IN. The van der Waals surface area contributed by atoms with Gasteiger partial charge in [0.25, 0.3) is 0 Å². The molecule has 0 heterocycles. The summed E-state index contributed by atoms with van der Waals surface area (Å²) in [6, 6.07) is 8.20. The van der Waals surface area contributed by atoms with E-state index in [0.717, 1.165) is 9.26 Å². The fourth-order valence-electron chi connectivity index (χ4n) is 2.00. The second-order valence-corrected chi connectivity index (χ2v) is 5.53. The molecule has 0 bridgehead atoms. The summed E-state index contributed by atoms with van der Waals surface area (Å²) >= 11 is 2.25. The maximum absolute atomic E-state index is 13.0. The lowest BCUT2D eigenvalue weighted by Gasteiger charge is -2.29. The molecule has 1 nitrogen and oxygen atoms in total. The van der Waals surface area contributed by atoms with Gasteiger partial charge in [-0.2, -0.15) is 0 Å². The average molecular weight is 337 g/mol. The minimum absolute atomic E-state index is 0.00852. The van der Waals surface area contributed by atoms with Gasteiger partial charge in [0.15, 0.2) is 0 Å². The third kappa shape index (κ3) is 3.30. The molecule has 2 rings (SSSR count). The van der Waals surface area contributed by atoms with E-state index in [4.69, 9.17) is 0 Å². The highest BCUT2D eigenvalue weighted by atomic mass is 127. The molecule has 0 aliphatic heterocycles. The Morgan fingerprint density at radius 2 is 1.94 bits per heavy atom. The minimum atomic E-state index is -2.44. The van der Waals surface area contributed by atoms with Crippen LogP contribution in [-0.2, 0) is 0 Å². The van der Waals surface area contributed by atoms with Crippen LogP contribution in [0.3, 0.4) is 0 Å². The summed E-state index contributed by atoms with van der Waals surface area (Å²) in [6.45, 7) is 0. The van der Waals surface area contributed by atoms with E-state index >= 15 is 0 Å². The van der Waals surface area contributed by atoms with Crippen LogP contribution < -0.4 is 5.32 Å². The molecular weight excluding hydrogens is 323 g/mol. The summed E-state index contributed by atoms with van der Waals surface area (Å²) < 4.78 is 27.1. The molecule has 1 aliphatic carbocycles. The molecule has 4 heteroatoms. The van der Waals surface area contributed by atoms with Crippen LogP contribution in [0.25, 0.3) is 0 Å². The SMILES string of the molecule is FC1(F)CCC(Nc2cccc(I)c2)CC1. The van der Waals surface area contributed by atoms with Crippen molar-refractivity contribution in [1.29, 1.82) is 0 Å². The van der Waals surface area contributed by atoms with Crippen LogP contribution in [0, 0.1) is 3.57 Å². The van der Waals surface area contributed by atoms with Crippen molar-refractivity contribution < 1.29 is 8.78 Å². The Balaban J connectivity index is 1.92. The molecule has 0 spiro atoms. The zero-order valence-corrected chi connectivity index (χ0v) is 11.0. The Morgan fingerprint density at radius 1 is 1.25 bits per heavy atom. The van der Waals surface area contributed by atoms with Gasteiger partial charge in [-0.05, 0) is 53.6 Å². The van der Waals surface area contributed by atoms with E-state index in [-0.39, 0.29) is 18.9 Å². The number of anilines is 1. The lowest BCUT2D eigenvalue weighted by atomic mass is 9.92. The lowest BCUT2D eigenvalue weighted by Crippen LogP contribution is -2.32. The van der Waals surface area contributed by atoms with Gasteiger partial charge in [0.1, 0.15) is 0 Å². The normalized spacial score (nSPS) is 20.7. The third-order valence-electron chi connectivity index (χ3n) is 2.91. The first-order valence-electron chi connectivity index (χ1n) is 5.45. The van der Waals surface area contributed by atoms with Crippen LogP contribution in [0.4, 0.5) is 14.5 Å². The van der Waals surface area contributed by atoms with Gasteiger partial charge in [-0.3, -0.25) is 0 Å². The smallest absolute Gasteiger partial charge is 0.248 e. The van der Waals surface area contributed by atoms with Crippen LogP contribution in [0.15, 0.2) is 24.3 Å². The second-order valence-electron chi connectivity index (χ2n) is 4.28. The van der Waals surface area contributed by atoms with Gasteiger partial charge < -0.3 is 5.32 Å². The quantitative estimate of drug-likeness (QED) is 0.795. The van der Waals surface area contributed by atoms with Crippen LogP contribution in [0.2, 0.25) is 0 Å². The summed E-state index contributed by atoms with van der Waals surface area (Å²) in [6.07, 6.45) is 1.13. The fraction of sp³-hybridized carbons (Fsp3) is 0.500. The number of nitrogens with one attached hydrogen (secondary N) is 1. The minimum Gasteiger partial charge on any atom is -0.382 e. The Labute approximate surface area is 108 Å². The Hall–Kier alpha value is -0.390. The first kappa shape index (κ1) is 12.1. The number of hydrogen-bond donors (Lipinski definition) is 1. The molecule has 1 aliphatic rings. The monoisotopic (exact) mass is 337 g/mol. The van der Waals surface area contributed by atoms with Crippen molar-refractivity contribution in [2.24, 2.45) is 0 Å². The van der Waals surface area contributed by atoms with Crippen molar-refractivity contribution in [3.8, 4) is 0 Å². The van der Waals surface area contributed by atoms with Gasteiger partial charge in [-0.15, -0.1) is 0 Å². The largest absolute Gasteiger partial charge is 0.382 e. The highest BCUT2D eigenvalue weighted by molar-refractivity contribution is 14.1. The predicted molar refractivity (Wildman–Crippen MR) is 70.0 cm³/mol. The van der Waals surface area contributed by atoms with Crippen LogP contribution >= 0.6 is 22.6 Å². The van der Waals surface area contributed by atoms with E-state index in [9.17, 15) is 8.78 Å². The molecule has 1 N–H and O–H groups in total. The highest BCUT2D eigenvalue weighted by Crippen LogP contribution is 2.34. The number of alkyl halides is 2. The zero-order chi connectivity index (χ0) is 11.6. The summed E-state index contributed by atoms with van der Waals surface area (Å²) in [5, 5.41) is 3.32. The van der Waals surface area contributed by atoms with Gasteiger partial charge in [-0.25, -0.2) is 8.78 Å². The summed E-state index contributed by atoms with van der Waals surface area (Å²) in [7, 11) is 0. The zero-order valence-electron chi connectivity index (χ0n) is 8.85.